The number of hydrogen-bond donors (Lipinski definition) is 1. The van der Waals surface area contributed by atoms with Gasteiger partial charge in [0.1, 0.15) is 6.17 Å². The first-order valence-corrected chi connectivity index (χ1v) is 5.72. The Morgan fingerprint density at radius 1 is 1.15 bits per heavy atom. The average Bonchev–Trinajstić information content (AvgIpc) is 2.96. The lowest BCUT2D eigenvalue weighted by Gasteiger charge is -2.46. The first-order chi connectivity index (χ1) is 6.34. The van der Waals surface area contributed by atoms with Crippen LogP contribution < -0.4 is 5.32 Å². The lowest BCUT2D eigenvalue weighted by atomic mass is 9.71. The highest BCUT2D eigenvalue weighted by molar-refractivity contribution is 4.99. The van der Waals surface area contributed by atoms with Crippen molar-refractivity contribution in [3.8, 4) is 0 Å². The highest BCUT2D eigenvalue weighted by Gasteiger charge is 2.45. The number of piperidine rings is 2. The van der Waals surface area contributed by atoms with Crippen molar-refractivity contribution in [3.05, 3.63) is 0 Å². The summed E-state index contributed by atoms with van der Waals surface area (Å²) in [6.45, 7) is 0.938. The van der Waals surface area contributed by atoms with Gasteiger partial charge >= 0.3 is 0 Å². The molecule has 2 saturated heterocycles. The van der Waals surface area contributed by atoms with Crippen molar-refractivity contribution in [1.82, 2.24) is 5.32 Å². The van der Waals surface area contributed by atoms with Crippen LogP contribution in [0.25, 0.3) is 0 Å². The van der Waals surface area contributed by atoms with Gasteiger partial charge in [0.2, 0.25) is 0 Å². The molecule has 2 aliphatic carbocycles. The van der Waals surface area contributed by atoms with E-state index < -0.39 is 6.17 Å². The van der Waals surface area contributed by atoms with E-state index in [0.29, 0.717) is 17.9 Å². The van der Waals surface area contributed by atoms with Crippen molar-refractivity contribution >= 4 is 0 Å². The van der Waals surface area contributed by atoms with Crippen LogP contribution in [0.5, 0.6) is 0 Å². The van der Waals surface area contributed by atoms with E-state index in [4.69, 9.17) is 0 Å². The molecule has 4 aliphatic rings. The largest absolute Gasteiger partial charge is 0.313 e. The molecule has 0 spiro atoms. The maximum Gasteiger partial charge on any atom is 0.108 e. The Balaban J connectivity index is 1.70. The molecule has 2 heterocycles. The smallest absolute Gasteiger partial charge is 0.108 e. The van der Waals surface area contributed by atoms with Gasteiger partial charge in [-0.1, -0.05) is 12.8 Å². The van der Waals surface area contributed by atoms with Crippen LogP contribution in [0.15, 0.2) is 0 Å². The molecule has 0 amide bonds. The number of nitrogens with one attached hydrogen (secondary N) is 1. The van der Waals surface area contributed by atoms with E-state index in [-0.39, 0.29) is 0 Å². The normalized spacial score (nSPS) is 49.6. The second-order valence-electron chi connectivity index (χ2n) is 5.14. The summed E-state index contributed by atoms with van der Waals surface area (Å²) in [4.78, 5) is 0. The fourth-order valence-electron chi connectivity index (χ4n) is 3.14. The molecule has 1 N–H and O–H groups in total. The summed E-state index contributed by atoms with van der Waals surface area (Å²) >= 11 is 0. The number of fused-ring (bicyclic) bond motifs is 3. The third-order valence-corrected chi connectivity index (χ3v) is 4.17. The lowest BCUT2D eigenvalue weighted by molar-refractivity contribution is 0.0189. The van der Waals surface area contributed by atoms with Crippen LogP contribution >= 0.6 is 0 Å². The maximum absolute atomic E-state index is 13.9. The molecule has 1 nitrogen and oxygen atoms in total. The quantitative estimate of drug-likeness (QED) is 0.691. The molecule has 0 radical (unpaired) electrons. The van der Waals surface area contributed by atoms with Gasteiger partial charge in [-0.2, -0.15) is 0 Å². The first-order valence-electron chi connectivity index (χ1n) is 5.72. The molecule has 13 heavy (non-hydrogen) atoms. The molecule has 0 unspecified atom stereocenters. The zero-order chi connectivity index (χ0) is 8.84. The number of halogens is 1. The molecule has 4 atom stereocenters. The summed E-state index contributed by atoms with van der Waals surface area (Å²) in [6.07, 6.45) is 5.75. The Morgan fingerprint density at radius 3 is 2.54 bits per heavy atom. The second-order valence-corrected chi connectivity index (χ2v) is 5.14. The number of alkyl halides is 1. The molecule has 4 rings (SSSR count). The van der Waals surface area contributed by atoms with E-state index in [1.165, 1.54) is 19.3 Å². The van der Waals surface area contributed by atoms with Gasteiger partial charge in [-0.05, 0) is 25.2 Å². The summed E-state index contributed by atoms with van der Waals surface area (Å²) in [7, 11) is 0. The van der Waals surface area contributed by atoms with Crippen LogP contribution in [-0.2, 0) is 0 Å². The van der Waals surface area contributed by atoms with E-state index in [9.17, 15) is 4.39 Å². The Kier molecular flexibility index (Phi) is 1.86. The fourth-order valence-corrected chi connectivity index (χ4v) is 3.14. The minimum atomic E-state index is -0.486. The maximum atomic E-state index is 13.9. The zero-order valence-electron chi connectivity index (χ0n) is 8.01. The van der Waals surface area contributed by atoms with Crippen LogP contribution in [0, 0.1) is 17.8 Å². The molecule has 0 aromatic heterocycles. The molecule has 0 aromatic rings. The molecule has 2 heteroatoms. The number of rotatable bonds is 2. The molecule has 2 saturated carbocycles. The van der Waals surface area contributed by atoms with E-state index >= 15 is 0 Å². The Labute approximate surface area is 79.1 Å². The third kappa shape index (κ3) is 1.39. The summed E-state index contributed by atoms with van der Waals surface area (Å²) in [5.74, 6) is 1.58. The van der Waals surface area contributed by atoms with Gasteiger partial charge in [0, 0.05) is 24.4 Å². The van der Waals surface area contributed by atoms with Crippen LogP contribution in [0.4, 0.5) is 4.39 Å². The topological polar surface area (TPSA) is 12.0 Å². The summed E-state index contributed by atoms with van der Waals surface area (Å²) < 4.78 is 13.9. The van der Waals surface area contributed by atoms with Crippen LogP contribution in [0.2, 0.25) is 0 Å². The van der Waals surface area contributed by atoms with Gasteiger partial charge < -0.3 is 5.32 Å². The monoisotopic (exact) mass is 183 g/mol. The van der Waals surface area contributed by atoms with Crippen LogP contribution in [-0.4, -0.2) is 18.8 Å². The fraction of sp³-hybridized carbons (Fsp3) is 1.00. The molecular weight excluding hydrogens is 165 g/mol. The van der Waals surface area contributed by atoms with Crippen molar-refractivity contribution in [1.29, 1.82) is 0 Å². The number of hydrogen-bond acceptors (Lipinski definition) is 1. The molecule has 2 aliphatic heterocycles. The van der Waals surface area contributed by atoms with Gasteiger partial charge in [-0.15, -0.1) is 0 Å². The second kappa shape index (κ2) is 2.94. The Bertz CT molecular complexity index is 192. The highest BCUT2D eigenvalue weighted by atomic mass is 19.1. The first kappa shape index (κ1) is 8.22. The average molecular weight is 183 g/mol. The van der Waals surface area contributed by atoms with Crippen LogP contribution in [0.1, 0.15) is 32.1 Å². The van der Waals surface area contributed by atoms with Crippen molar-refractivity contribution in [2.45, 2.75) is 44.3 Å². The molecule has 0 aromatic carbocycles. The van der Waals surface area contributed by atoms with Gasteiger partial charge in [0.15, 0.2) is 0 Å². The molecule has 74 valence electrons. The lowest BCUT2D eigenvalue weighted by Crippen LogP contribution is -2.56. The minimum Gasteiger partial charge on any atom is -0.313 e. The van der Waals surface area contributed by atoms with E-state index in [2.05, 4.69) is 5.32 Å². The SMILES string of the molecule is F[C@@H]1[C@H]2CC[C@H](NC2)[C@@H]1CC1CC1. The molecule has 2 bridgehead atoms. The van der Waals surface area contributed by atoms with Gasteiger partial charge in [-0.25, -0.2) is 4.39 Å². The van der Waals surface area contributed by atoms with Gasteiger partial charge in [0.25, 0.3) is 0 Å². The minimum absolute atomic E-state index is 0.341. The van der Waals surface area contributed by atoms with Crippen molar-refractivity contribution in [2.24, 2.45) is 17.8 Å². The van der Waals surface area contributed by atoms with Gasteiger partial charge in [-0.3, -0.25) is 0 Å². The van der Waals surface area contributed by atoms with E-state index in [0.717, 1.165) is 25.3 Å². The Hall–Kier alpha value is -0.110. The highest BCUT2D eigenvalue weighted by Crippen LogP contribution is 2.44. The van der Waals surface area contributed by atoms with Crippen molar-refractivity contribution in [3.63, 3.8) is 0 Å². The molecular formula is C11H18FN. The zero-order valence-corrected chi connectivity index (χ0v) is 8.01. The molecule has 4 fully saturated rings. The van der Waals surface area contributed by atoms with Crippen molar-refractivity contribution < 1.29 is 4.39 Å². The predicted molar refractivity (Wildman–Crippen MR) is 50.2 cm³/mol. The van der Waals surface area contributed by atoms with Crippen LogP contribution in [0.3, 0.4) is 0 Å². The van der Waals surface area contributed by atoms with E-state index in [1.54, 1.807) is 0 Å². The Morgan fingerprint density at radius 2 is 2.00 bits per heavy atom. The summed E-state index contributed by atoms with van der Waals surface area (Å²) in [5, 5.41) is 3.49. The van der Waals surface area contributed by atoms with Gasteiger partial charge in [0.05, 0.1) is 0 Å². The standard InChI is InChI=1S/C11H18FN/c12-11-8-3-4-10(13-6-8)9(11)5-7-1-2-7/h7-11,13H,1-6H2/t8-,9-,10-,11+/m0/s1. The summed E-state index contributed by atoms with van der Waals surface area (Å²) in [5.41, 5.74) is 0. The van der Waals surface area contributed by atoms with E-state index in [1.807, 2.05) is 0 Å². The summed E-state index contributed by atoms with van der Waals surface area (Å²) in [6, 6.07) is 0.514. The van der Waals surface area contributed by atoms with Crippen molar-refractivity contribution in [2.75, 3.05) is 6.54 Å². The predicted octanol–water partition coefficient (Wildman–Crippen LogP) is 2.12. The third-order valence-electron chi connectivity index (χ3n) is 4.17.